The van der Waals surface area contributed by atoms with Gasteiger partial charge in [-0.25, -0.2) is 8.42 Å². The maximum Gasteiger partial charge on any atom is 1.00 e. The minimum Gasteiger partial charge on any atom is -0.744 e. The molecule has 0 aromatic heterocycles. The van der Waals surface area contributed by atoms with Crippen molar-refractivity contribution < 1.29 is 42.5 Å². The molecule has 0 atom stereocenters. The van der Waals surface area contributed by atoms with E-state index in [2.05, 4.69) is 32.0 Å². The minimum atomic E-state index is -4.50. The van der Waals surface area contributed by atoms with Gasteiger partial charge in [0.2, 0.25) is 0 Å². The maximum atomic E-state index is 12.2. The van der Waals surface area contributed by atoms with Gasteiger partial charge in [-0.2, -0.15) is 0 Å². The molecule has 216 valence electrons. The smallest absolute Gasteiger partial charge is 0.744 e. The average molecular weight is 567 g/mol. The van der Waals surface area contributed by atoms with E-state index in [0.29, 0.717) is 12.0 Å². The van der Waals surface area contributed by atoms with Gasteiger partial charge in [0.25, 0.3) is 0 Å². The molecule has 0 saturated carbocycles. The normalized spacial score (nSPS) is 11.7. The Labute approximate surface area is 263 Å². The molecular formula is C34H55NaO3S. The van der Waals surface area contributed by atoms with Crippen molar-refractivity contribution >= 4 is 20.9 Å². The van der Waals surface area contributed by atoms with Gasteiger partial charge in [-0.1, -0.05) is 148 Å². The Balaban J connectivity index is 0.00000760. The summed E-state index contributed by atoms with van der Waals surface area (Å²) in [5.41, 5.74) is 1.86. The molecule has 2 aromatic carbocycles. The van der Waals surface area contributed by atoms with Crippen LogP contribution >= 0.6 is 0 Å². The van der Waals surface area contributed by atoms with Crippen molar-refractivity contribution in [3.63, 3.8) is 0 Å². The number of fused-ring (bicyclic) bond motifs is 1. The van der Waals surface area contributed by atoms with Crippen LogP contribution in [-0.4, -0.2) is 13.0 Å². The topological polar surface area (TPSA) is 57.2 Å². The number of benzene rings is 2. The molecule has 0 unspecified atom stereocenters. The first kappa shape index (κ1) is 36.6. The van der Waals surface area contributed by atoms with Gasteiger partial charge in [0, 0.05) is 0 Å². The summed E-state index contributed by atoms with van der Waals surface area (Å²) >= 11 is 0. The number of hydrogen-bond acceptors (Lipinski definition) is 3. The molecule has 3 nitrogen and oxygen atoms in total. The Kier molecular flexibility index (Phi) is 20.9. The summed E-state index contributed by atoms with van der Waals surface area (Å²) in [7, 11) is -4.50. The molecule has 0 N–H and O–H groups in total. The first-order valence-corrected chi connectivity index (χ1v) is 17.4. The van der Waals surface area contributed by atoms with E-state index in [0.717, 1.165) is 42.0 Å². The van der Waals surface area contributed by atoms with Crippen LogP contribution in [0.15, 0.2) is 35.2 Å². The Bertz CT molecular complexity index is 1000. The summed E-state index contributed by atoms with van der Waals surface area (Å²) in [6, 6.07) is 9.87. The molecular weight excluding hydrogens is 511 g/mol. The second-order valence-corrected chi connectivity index (χ2v) is 12.8. The fraction of sp³-hybridized carbons (Fsp3) is 0.706. The summed E-state index contributed by atoms with van der Waals surface area (Å²) in [4.78, 5) is -0.00329. The summed E-state index contributed by atoms with van der Waals surface area (Å²) in [5, 5.41) is 1.99. The third-order valence-corrected chi connectivity index (χ3v) is 8.94. The molecule has 0 radical (unpaired) electrons. The number of hydrogen-bond donors (Lipinski definition) is 0. The van der Waals surface area contributed by atoms with Crippen LogP contribution in [-0.2, 0) is 23.0 Å². The summed E-state index contributed by atoms with van der Waals surface area (Å²) in [5.74, 6) is 0. The second-order valence-electron chi connectivity index (χ2n) is 11.4. The third-order valence-electron chi connectivity index (χ3n) is 8.02. The molecule has 0 aliphatic heterocycles. The van der Waals surface area contributed by atoms with Crippen molar-refractivity contribution in [2.45, 2.75) is 160 Å². The predicted molar refractivity (Wildman–Crippen MR) is 163 cm³/mol. The van der Waals surface area contributed by atoms with Crippen LogP contribution in [0.4, 0.5) is 0 Å². The second kappa shape index (κ2) is 22.2. The van der Waals surface area contributed by atoms with Gasteiger partial charge >= 0.3 is 29.6 Å². The first-order valence-electron chi connectivity index (χ1n) is 16.0. The van der Waals surface area contributed by atoms with Crippen LogP contribution in [0.3, 0.4) is 0 Å². The van der Waals surface area contributed by atoms with Crippen LogP contribution in [0.1, 0.15) is 153 Å². The molecule has 39 heavy (non-hydrogen) atoms. The van der Waals surface area contributed by atoms with Crippen molar-refractivity contribution in [3.8, 4) is 0 Å². The van der Waals surface area contributed by atoms with Gasteiger partial charge in [-0.15, -0.1) is 0 Å². The fourth-order valence-corrected chi connectivity index (χ4v) is 6.41. The molecule has 0 aliphatic carbocycles. The Morgan fingerprint density at radius 1 is 0.564 bits per heavy atom. The molecule has 0 fully saturated rings. The quantitative estimate of drug-likeness (QED) is 0.0788. The van der Waals surface area contributed by atoms with E-state index in [1.165, 1.54) is 109 Å². The summed E-state index contributed by atoms with van der Waals surface area (Å²) in [6.45, 7) is 4.51. The van der Waals surface area contributed by atoms with Gasteiger partial charge in [0.05, 0.1) is 4.90 Å². The molecule has 2 aromatic rings. The molecule has 2 rings (SSSR count). The van der Waals surface area contributed by atoms with Crippen molar-refractivity contribution in [2.24, 2.45) is 0 Å². The molecule has 0 aliphatic rings. The van der Waals surface area contributed by atoms with E-state index < -0.39 is 10.1 Å². The van der Waals surface area contributed by atoms with Gasteiger partial charge in [0.15, 0.2) is 0 Å². The van der Waals surface area contributed by atoms with Crippen LogP contribution in [0.2, 0.25) is 0 Å². The van der Waals surface area contributed by atoms with Crippen molar-refractivity contribution in [1.29, 1.82) is 0 Å². The summed E-state index contributed by atoms with van der Waals surface area (Å²) in [6.07, 6.45) is 27.0. The van der Waals surface area contributed by atoms with E-state index in [4.69, 9.17) is 0 Å². The number of unbranched alkanes of at least 4 members (excludes halogenated alkanes) is 18. The van der Waals surface area contributed by atoms with E-state index in [1.54, 1.807) is 6.07 Å². The van der Waals surface area contributed by atoms with Gasteiger partial charge in [0.1, 0.15) is 10.1 Å². The average Bonchev–Trinajstić information content (AvgIpc) is 2.89. The van der Waals surface area contributed by atoms with E-state index in [1.807, 2.05) is 6.07 Å². The Hall–Kier alpha value is -0.390. The van der Waals surface area contributed by atoms with Crippen LogP contribution < -0.4 is 29.6 Å². The van der Waals surface area contributed by atoms with Crippen molar-refractivity contribution in [2.75, 3.05) is 0 Å². The molecule has 0 spiro atoms. The zero-order chi connectivity index (χ0) is 27.5. The Morgan fingerprint density at radius 3 is 1.41 bits per heavy atom. The molecule has 0 bridgehead atoms. The van der Waals surface area contributed by atoms with E-state index in [9.17, 15) is 13.0 Å². The summed E-state index contributed by atoms with van der Waals surface area (Å²) < 4.78 is 36.5. The molecule has 0 amide bonds. The first-order chi connectivity index (χ1) is 18.5. The van der Waals surface area contributed by atoms with Gasteiger partial charge < -0.3 is 4.55 Å². The molecule has 0 saturated heterocycles. The SMILES string of the molecule is CCCCCCCCCCCCc1cc2cccc(CCCCCCCCCCCC)c2cc1S(=O)(=O)[O-].[Na+]. The predicted octanol–water partition coefficient (Wildman–Crippen LogP) is 7.67. The Morgan fingerprint density at radius 2 is 0.974 bits per heavy atom. The van der Waals surface area contributed by atoms with Crippen LogP contribution in [0.25, 0.3) is 10.8 Å². The zero-order valence-electron chi connectivity index (χ0n) is 25.6. The van der Waals surface area contributed by atoms with Crippen molar-refractivity contribution in [3.05, 3.63) is 41.5 Å². The largest absolute Gasteiger partial charge is 1.00 e. The maximum absolute atomic E-state index is 12.2. The standard InChI is InChI=1S/C34H56O3S.Na/c1-3-5-7-9-11-13-15-17-19-21-24-30-26-23-27-31-28-32(34(29-33(30)31)38(35,36)37)25-22-20-18-16-14-12-10-8-6-4-2;/h23,26-29H,3-22,24-25H2,1-2H3,(H,35,36,37);/q;+1/p-1. The monoisotopic (exact) mass is 566 g/mol. The van der Waals surface area contributed by atoms with E-state index in [-0.39, 0.29) is 34.5 Å². The zero-order valence-corrected chi connectivity index (χ0v) is 28.4. The molecule has 0 heterocycles. The number of aryl methyl sites for hydroxylation is 2. The van der Waals surface area contributed by atoms with Crippen molar-refractivity contribution in [1.82, 2.24) is 0 Å². The van der Waals surface area contributed by atoms with E-state index >= 15 is 0 Å². The number of rotatable bonds is 23. The van der Waals surface area contributed by atoms with Crippen LogP contribution in [0.5, 0.6) is 0 Å². The van der Waals surface area contributed by atoms with Gasteiger partial charge in [-0.3, -0.25) is 0 Å². The third kappa shape index (κ3) is 15.4. The van der Waals surface area contributed by atoms with Gasteiger partial charge in [-0.05, 0) is 59.7 Å². The molecule has 5 heteroatoms. The minimum absolute atomic E-state index is 0. The van der Waals surface area contributed by atoms with Crippen LogP contribution in [0, 0.1) is 0 Å². The fourth-order valence-electron chi connectivity index (χ4n) is 5.67.